The molecular weight excluding hydrogens is 257 g/mol. The summed E-state index contributed by atoms with van der Waals surface area (Å²) in [5.41, 5.74) is 2.74. The van der Waals surface area contributed by atoms with Gasteiger partial charge in [0, 0.05) is 21.7 Å². The molecule has 4 heteroatoms. The van der Waals surface area contributed by atoms with Crippen LogP contribution in [-0.2, 0) is 12.8 Å². The predicted octanol–water partition coefficient (Wildman–Crippen LogP) is 3.71. The highest BCUT2D eigenvalue weighted by atomic mass is 35.5. The summed E-state index contributed by atoms with van der Waals surface area (Å²) in [4.78, 5) is 15.6. The van der Waals surface area contributed by atoms with Gasteiger partial charge in [0.2, 0.25) is 0 Å². The first-order chi connectivity index (χ1) is 8.16. The molecule has 1 heterocycles. The monoisotopic (exact) mass is 267 g/mol. The second kappa shape index (κ2) is 4.04. The van der Waals surface area contributed by atoms with Crippen molar-refractivity contribution in [2.75, 3.05) is 0 Å². The molecule has 1 aliphatic carbocycles. The lowest BCUT2D eigenvalue weighted by Gasteiger charge is -2.16. The van der Waals surface area contributed by atoms with Gasteiger partial charge in [0.1, 0.15) is 0 Å². The van der Waals surface area contributed by atoms with Crippen LogP contribution in [0.1, 0.15) is 24.1 Å². The van der Waals surface area contributed by atoms with Gasteiger partial charge in [0.25, 0.3) is 0 Å². The molecule has 1 aliphatic rings. The SMILES string of the molecule is O=c1c2c([nH]c3c(Cl)cc(Cl)cc13)CCCC2. The minimum absolute atomic E-state index is 0.0813. The fourth-order valence-corrected chi connectivity index (χ4v) is 3.03. The fourth-order valence-electron chi connectivity index (χ4n) is 2.49. The van der Waals surface area contributed by atoms with Crippen molar-refractivity contribution >= 4 is 34.1 Å². The zero-order valence-electron chi connectivity index (χ0n) is 9.15. The minimum Gasteiger partial charge on any atom is -0.357 e. The van der Waals surface area contributed by atoms with E-state index in [0.29, 0.717) is 20.9 Å². The van der Waals surface area contributed by atoms with Gasteiger partial charge in [0.15, 0.2) is 5.43 Å². The molecule has 0 spiro atoms. The third-order valence-electron chi connectivity index (χ3n) is 3.32. The molecule has 0 saturated heterocycles. The third-order valence-corrected chi connectivity index (χ3v) is 3.83. The van der Waals surface area contributed by atoms with Crippen LogP contribution in [0.15, 0.2) is 16.9 Å². The lowest BCUT2D eigenvalue weighted by Crippen LogP contribution is -2.18. The Morgan fingerprint density at radius 1 is 1.12 bits per heavy atom. The van der Waals surface area contributed by atoms with Crippen molar-refractivity contribution in [2.24, 2.45) is 0 Å². The first kappa shape index (κ1) is 11.1. The molecule has 2 nitrogen and oxygen atoms in total. The average Bonchev–Trinajstić information content (AvgIpc) is 2.31. The molecule has 1 N–H and O–H groups in total. The van der Waals surface area contributed by atoms with E-state index in [-0.39, 0.29) is 5.43 Å². The molecule has 2 aromatic rings. The van der Waals surface area contributed by atoms with Crippen molar-refractivity contribution in [3.8, 4) is 0 Å². The van der Waals surface area contributed by atoms with Gasteiger partial charge in [-0.05, 0) is 37.8 Å². The van der Waals surface area contributed by atoms with E-state index in [1.165, 1.54) is 0 Å². The van der Waals surface area contributed by atoms with Gasteiger partial charge in [-0.25, -0.2) is 0 Å². The molecule has 0 unspecified atom stereocenters. The highest BCUT2D eigenvalue weighted by Gasteiger charge is 2.17. The number of pyridine rings is 1. The van der Waals surface area contributed by atoms with Crippen LogP contribution in [0.3, 0.4) is 0 Å². The number of fused-ring (bicyclic) bond motifs is 2. The molecular formula is C13H11Cl2NO. The van der Waals surface area contributed by atoms with Crippen LogP contribution in [0.2, 0.25) is 10.0 Å². The van der Waals surface area contributed by atoms with E-state index in [1.807, 2.05) is 0 Å². The van der Waals surface area contributed by atoms with Gasteiger partial charge >= 0.3 is 0 Å². The zero-order valence-corrected chi connectivity index (χ0v) is 10.7. The van der Waals surface area contributed by atoms with Crippen molar-refractivity contribution in [3.05, 3.63) is 43.7 Å². The second-order valence-corrected chi connectivity index (χ2v) is 5.27. The smallest absolute Gasteiger partial charge is 0.192 e. The van der Waals surface area contributed by atoms with Crippen LogP contribution >= 0.6 is 23.2 Å². The number of H-pyrrole nitrogens is 1. The number of nitrogens with one attached hydrogen (secondary N) is 1. The summed E-state index contributed by atoms with van der Waals surface area (Å²) < 4.78 is 0. The molecule has 0 fully saturated rings. The van der Waals surface area contributed by atoms with Gasteiger partial charge in [0.05, 0.1) is 10.5 Å². The number of benzene rings is 1. The van der Waals surface area contributed by atoms with Crippen LogP contribution in [-0.4, -0.2) is 4.98 Å². The summed E-state index contributed by atoms with van der Waals surface area (Å²) in [7, 11) is 0. The van der Waals surface area contributed by atoms with Crippen LogP contribution in [0.5, 0.6) is 0 Å². The topological polar surface area (TPSA) is 32.9 Å². The van der Waals surface area contributed by atoms with E-state index in [1.54, 1.807) is 12.1 Å². The van der Waals surface area contributed by atoms with E-state index in [0.717, 1.165) is 36.9 Å². The van der Waals surface area contributed by atoms with Gasteiger partial charge in [-0.15, -0.1) is 0 Å². The van der Waals surface area contributed by atoms with Crippen molar-refractivity contribution in [2.45, 2.75) is 25.7 Å². The fraction of sp³-hybridized carbons (Fsp3) is 0.308. The molecule has 0 amide bonds. The lowest BCUT2D eigenvalue weighted by molar-refractivity contribution is 0.668. The zero-order chi connectivity index (χ0) is 12.0. The van der Waals surface area contributed by atoms with Crippen LogP contribution in [0.4, 0.5) is 0 Å². The van der Waals surface area contributed by atoms with E-state index in [4.69, 9.17) is 23.2 Å². The number of aryl methyl sites for hydroxylation is 1. The molecule has 88 valence electrons. The van der Waals surface area contributed by atoms with Crippen LogP contribution in [0.25, 0.3) is 10.9 Å². The Hall–Kier alpha value is -0.990. The maximum atomic E-state index is 12.3. The molecule has 0 saturated carbocycles. The Balaban J connectivity index is 2.44. The maximum absolute atomic E-state index is 12.3. The van der Waals surface area contributed by atoms with Gasteiger partial charge in [-0.1, -0.05) is 23.2 Å². The molecule has 3 rings (SSSR count). The highest BCUT2D eigenvalue weighted by molar-refractivity contribution is 6.38. The number of rotatable bonds is 0. The van der Waals surface area contributed by atoms with Crippen molar-refractivity contribution in [1.82, 2.24) is 4.98 Å². The summed E-state index contributed by atoms with van der Waals surface area (Å²) in [6.45, 7) is 0. The Bertz CT molecular complexity index is 660. The first-order valence-electron chi connectivity index (χ1n) is 5.69. The van der Waals surface area contributed by atoms with E-state index in [9.17, 15) is 4.79 Å². The van der Waals surface area contributed by atoms with Crippen molar-refractivity contribution < 1.29 is 0 Å². The standard InChI is InChI=1S/C13H11Cl2NO/c14-7-5-9-12(10(15)6-7)16-11-4-2-1-3-8(11)13(9)17/h5-6H,1-4H2,(H,16,17). The quantitative estimate of drug-likeness (QED) is 0.776. The first-order valence-corrected chi connectivity index (χ1v) is 6.45. The second-order valence-electron chi connectivity index (χ2n) is 4.43. The summed E-state index contributed by atoms with van der Waals surface area (Å²) in [6.07, 6.45) is 3.99. The molecule has 0 bridgehead atoms. The highest BCUT2D eigenvalue weighted by Crippen LogP contribution is 2.27. The number of hydrogen-bond acceptors (Lipinski definition) is 1. The lowest BCUT2D eigenvalue weighted by atomic mass is 9.94. The molecule has 0 radical (unpaired) electrons. The van der Waals surface area contributed by atoms with Gasteiger partial charge in [-0.3, -0.25) is 4.79 Å². The predicted molar refractivity (Wildman–Crippen MR) is 71.2 cm³/mol. The Morgan fingerprint density at radius 2 is 1.88 bits per heavy atom. The molecule has 0 atom stereocenters. The molecule has 1 aromatic heterocycles. The Kier molecular flexibility index (Phi) is 2.64. The van der Waals surface area contributed by atoms with Crippen LogP contribution in [0, 0.1) is 0 Å². The minimum atomic E-state index is 0.0813. The average molecular weight is 268 g/mol. The molecule has 1 aromatic carbocycles. The van der Waals surface area contributed by atoms with Gasteiger partial charge < -0.3 is 4.98 Å². The van der Waals surface area contributed by atoms with E-state index in [2.05, 4.69) is 4.98 Å². The summed E-state index contributed by atoms with van der Waals surface area (Å²) in [6, 6.07) is 3.35. The summed E-state index contributed by atoms with van der Waals surface area (Å²) in [5.74, 6) is 0. The third kappa shape index (κ3) is 1.76. The number of hydrogen-bond donors (Lipinski definition) is 1. The van der Waals surface area contributed by atoms with Gasteiger partial charge in [-0.2, -0.15) is 0 Å². The number of halogens is 2. The van der Waals surface area contributed by atoms with E-state index >= 15 is 0 Å². The normalized spacial score (nSPS) is 14.9. The largest absolute Gasteiger partial charge is 0.357 e. The van der Waals surface area contributed by atoms with Crippen LogP contribution < -0.4 is 5.43 Å². The van der Waals surface area contributed by atoms with E-state index < -0.39 is 0 Å². The number of aromatic amines is 1. The molecule has 17 heavy (non-hydrogen) atoms. The van der Waals surface area contributed by atoms with Crippen molar-refractivity contribution in [3.63, 3.8) is 0 Å². The maximum Gasteiger partial charge on any atom is 0.192 e. The number of aromatic nitrogens is 1. The Morgan fingerprint density at radius 3 is 2.71 bits per heavy atom. The Labute approximate surface area is 109 Å². The van der Waals surface area contributed by atoms with Crippen molar-refractivity contribution in [1.29, 1.82) is 0 Å². The molecule has 0 aliphatic heterocycles. The summed E-state index contributed by atoms with van der Waals surface area (Å²) >= 11 is 12.1. The summed E-state index contributed by atoms with van der Waals surface area (Å²) in [5, 5.41) is 1.62.